The van der Waals surface area contributed by atoms with Gasteiger partial charge in [-0.1, -0.05) is 37.0 Å². The number of hydrogen-bond donors (Lipinski definition) is 1. The normalized spacial score (nSPS) is 12.5. The van der Waals surface area contributed by atoms with Crippen molar-refractivity contribution in [3.05, 3.63) is 27.7 Å². The van der Waals surface area contributed by atoms with Gasteiger partial charge in [0.15, 0.2) is 0 Å². The quantitative estimate of drug-likeness (QED) is 0.720. The lowest BCUT2D eigenvalue weighted by atomic mass is 10.0. The highest BCUT2D eigenvalue weighted by atomic mass is 35.5. The van der Waals surface area contributed by atoms with Crippen LogP contribution in [0.3, 0.4) is 0 Å². The Hall–Kier alpha value is -0.0900. The molecule has 5 heteroatoms. The summed E-state index contributed by atoms with van der Waals surface area (Å²) in [5.41, 5.74) is 7.00. The van der Waals surface area contributed by atoms with Gasteiger partial charge in [-0.15, -0.1) is 0 Å². The zero-order chi connectivity index (χ0) is 14.3. The minimum absolute atomic E-state index is 0.0990. The van der Waals surface area contributed by atoms with E-state index in [1.165, 1.54) is 0 Å². The molecule has 0 radical (unpaired) electrons. The second-order valence-corrected chi connectivity index (χ2v) is 6.53. The maximum atomic E-state index is 6.22. The molecule has 0 aromatic heterocycles. The minimum Gasteiger partial charge on any atom is -0.491 e. The third kappa shape index (κ3) is 5.82. The van der Waals surface area contributed by atoms with Gasteiger partial charge in [0.2, 0.25) is 0 Å². The molecule has 0 aliphatic heterocycles. The molecule has 0 heterocycles. The van der Waals surface area contributed by atoms with Gasteiger partial charge in [0.05, 0.1) is 11.6 Å². The monoisotopic (exact) mass is 321 g/mol. The van der Waals surface area contributed by atoms with Gasteiger partial charge in [-0.3, -0.25) is 0 Å². The average Bonchev–Trinajstić information content (AvgIpc) is 2.36. The van der Waals surface area contributed by atoms with E-state index in [0.717, 1.165) is 35.7 Å². The van der Waals surface area contributed by atoms with Crippen LogP contribution in [-0.4, -0.2) is 24.2 Å². The molecular formula is C14H21Cl2NOS. The Kier molecular flexibility index (Phi) is 8.00. The Bertz CT molecular complexity index is 401. The molecule has 108 valence electrons. The summed E-state index contributed by atoms with van der Waals surface area (Å²) >= 11 is 14.1. The summed E-state index contributed by atoms with van der Waals surface area (Å²) in [5.74, 6) is 2.77. The van der Waals surface area contributed by atoms with Crippen molar-refractivity contribution in [2.24, 2.45) is 5.73 Å². The molecule has 2 nitrogen and oxygen atoms in total. The summed E-state index contributed by atoms with van der Waals surface area (Å²) < 4.78 is 5.80. The second kappa shape index (κ2) is 8.96. The molecule has 19 heavy (non-hydrogen) atoms. The fourth-order valence-electron chi connectivity index (χ4n) is 1.70. The highest BCUT2D eigenvalue weighted by Crippen LogP contribution is 2.33. The number of thioether (sulfide) groups is 1. The first-order valence-electron chi connectivity index (χ1n) is 6.52. The van der Waals surface area contributed by atoms with Gasteiger partial charge >= 0.3 is 0 Å². The molecule has 0 fully saturated rings. The van der Waals surface area contributed by atoms with E-state index in [-0.39, 0.29) is 6.04 Å². The molecule has 0 saturated heterocycles. The fourth-order valence-corrected chi connectivity index (χ4v) is 2.78. The molecule has 0 amide bonds. The number of nitrogens with two attached hydrogens (primary N) is 1. The van der Waals surface area contributed by atoms with Crippen LogP contribution in [0.25, 0.3) is 0 Å². The third-order valence-corrected chi connectivity index (χ3v) is 4.13. The van der Waals surface area contributed by atoms with Crippen molar-refractivity contribution in [2.45, 2.75) is 32.7 Å². The molecule has 1 aromatic carbocycles. The highest BCUT2D eigenvalue weighted by molar-refractivity contribution is 7.99. The first-order valence-corrected chi connectivity index (χ1v) is 8.43. The van der Waals surface area contributed by atoms with Gasteiger partial charge in [-0.2, -0.15) is 11.8 Å². The van der Waals surface area contributed by atoms with E-state index in [0.29, 0.717) is 16.7 Å². The van der Waals surface area contributed by atoms with E-state index in [9.17, 15) is 0 Å². The van der Waals surface area contributed by atoms with Crippen LogP contribution in [-0.2, 0) is 6.42 Å². The van der Waals surface area contributed by atoms with Gasteiger partial charge in [0.25, 0.3) is 0 Å². The Morgan fingerprint density at radius 2 is 2.05 bits per heavy atom. The summed E-state index contributed by atoms with van der Waals surface area (Å²) in [7, 11) is 0. The van der Waals surface area contributed by atoms with Gasteiger partial charge < -0.3 is 10.5 Å². The summed E-state index contributed by atoms with van der Waals surface area (Å²) in [6.07, 6.45) is 1.64. The van der Waals surface area contributed by atoms with Crippen molar-refractivity contribution >= 4 is 35.0 Å². The van der Waals surface area contributed by atoms with Crippen molar-refractivity contribution in [3.63, 3.8) is 0 Å². The van der Waals surface area contributed by atoms with Crippen LogP contribution in [0.4, 0.5) is 0 Å². The topological polar surface area (TPSA) is 35.2 Å². The number of benzene rings is 1. The maximum Gasteiger partial charge on any atom is 0.141 e. The van der Waals surface area contributed by atoms with Crippen LogP contribution in [0, 0.1) is 0 Å². The first kappa shape index (κ1) is 17.0. The Balaban J connectivity index is 2.80. The third-order valence-electron chi connectivity index (χ3n) is 2.77. The average molecular weight is 322 g/mol. The van der Waals surface area contributed by atoms with Gasteiger partial charge in [-0.05, 0) is 36.3 Å². The zero-order valence-corrected chi connectivity index (χ0v) is 13.7. The van der Waals surface area contributed by atoms with Crippen molar-refractivity contribution in [1.82, 2.24) is 0 Å². The molecule has 2 N–H and O–H groups in total. The lowest BCUT2D eigenvalue weighted by molar-refractivity contribution is 0.339. The summed E-state index contributed by atoms with van der Waals surface area (Å²) in [4.78, 5) is 0. The molecule has 0 bridgehead atoms. The van der Waals surface area contributed by atoms with E-state index in [1.807, 2.05) is 17.8 Å². The molecule has 1 rings (SSSR count). The number of ether oxygens (including phenoxy) is 1. The number of rotatable bonds is 8. The number of halogens is 2. The van der Waals surface area contributed by atoms with Crippen LogP contribution in [0.5, 0.6) is 5.75 Å². The van der Waals surface area contributed by atoms with Crippen LogP contribution >= 0.6 is 35.0 Å². The largest absolute Gasteiger partial charge is 0.491 e. The molecule has 1 unspecified atom stereocenters. The summed E-state index contributed by atoms with van der Waals surface area (Å²) in [6.45, 7) is 4.84. The fraction of sp³-hybridized carbons (Fsp3) is 0.571. The van der Waals surface area contributed by atoms with Crippen molar-refractivity contribution < 1.29 is 4.74 Å². The predicted octanol–water partition coefficient (Wildman–Crippen LogP) is 4.41. The number of hydrogen-bond acceptors (Lipinski definition) is 3. The summed E-state index contributed by atoms with van der Waals surface area (Å²) in [5, 5.41) is 1.19. The van der Waals surface area contributed by atoms with E-state index in [4.69, 9.17) is 33.7 Å². The SMILES string of the molecule is CCSCCOc1c(Cl)cc(Cl)cc1CC(N)CC. The second-order valence-electron chi connectivity index (χ2n) is 4.29. The van der Waals surface area contributed by atoms with E-state index in [1.54, 1.807) is 6.07 Å². The van der Waals surface area contributed by atoms with Crippen molar-refractivity contribution in [2.75, 3.05) is 18.1 Å². The molecule has 0 aliphatic carbocycles. The predicted molar refractivity (Wildman–Crippen MR) is 86.9 cm³/mol. The zero-order valence-electron chi connectivity index (χ0n) is 11.4. The smallest absolute Gasteiger partial charge is 0.141 e. The van der Waals surface area contributed by atoms with Crippen LogP contribution in [0.2, 0.25) is 10.0 Å². The van der Waals surface area contributed by atoms with Crippen LogP contribution in [0.15, 0.2) is 12.1 Å². The van der Waals surface area contributed by atoms with Crippen LogP contribution in [0.1, 0.15) is 25.8 Å². The minimum atomic E-state index is 0.0990. The van der Waals surface area contributed by atoms with E-state index >= 15 is 0 Å². The van der Waals surface area contributed by atoms with Gasteiger partial charge in [0, 0.05) is 16.8 Å². The molecule has 0 spiro atoms. The first-order chi connectivity index (χ1) is 9.08. The van der Waals surface area contributed by atoms with E-state index < -0.39 is 0 Å². The van der Waals surface area contributed by atoms with Gasteiger partial charge in [0.1, 0.15) is 5.75 Å². The molecule has 1 atom stereocenters. The molecule has 0 saturated carbocycles. The lowest BCUT2D eigenvalue weighted by Gasteiger charge is -2.16. The maximum absolute atomic E-state index is 6.22. The Morgan fingerprint density at radius 3 is 2.68 bits per heavy atom. The Morgan fingerprint density at radius 1 is 1.32 bits per heavy atom. The van der Waals surface area contributed by atoms with Crippen molar-refractivity contribution in [3.8, 4) is 5.75 Å². The van der Waals surface area contributed by atoms with E-state index in [2.05, 4.69) is 13.8 Å². The molecule has 0 aliphatic rings. The van der Waals surface area contributed by atoms with Crippen LogP contribution < -0.4 is 10.5 Å². The molecule has 1 aromatic rings. The van der Waals surface area contributed by atoms with Gasteiger partial charge in [-0.25, -0.2) is 0 Å². The highest BCUT2D eigenvalue weighted by Gasteiger charge is 2.13. The summed E-state index contributed by atoms with van der Waals surface area (Å²) in [6, 6.07) is 3.71. The standard InChI is InChI=1S/C14H21Cl2NOS/c1-3-12(17)8-10-7-11(15)9-13(16)14(10)18-5-6-19-4-2/h7,9,12H,3-6,8,17H2,1-2H3. The Labute approximate surface area is 130 Å². The lowest BCUT2D eigenvalue weighted by Crippen LogP contribution is -2.22. The van der Waals surface area contributed by atoms with Crippen molar-refractivity contribution in [1.29, 1.82) is 0 Å². The molecular weight excluding hydrogens is 301 g/mol.